The van der Waals surface area contributed by atoms with E-state index < -0.39 is 5.54 Å². The summed E-state index contributed by atoms with van der Waals surface area (Å²) in [7, 11) is 0. The maximum Gasteiger partial charge on any atom is 0.123 e. The summed E-state index contributed by atoms with van der Waals surface area (Å²) in [5, 5.41) is 13.0. The maximum atomic E-state index is 12.8. The number of nitrogens with one attached hydrogen (secondary N) is 1. The summed E-state index contributed by atoms with van der Waals surface area (Å²) in [6, 6.07) is 8.85. The number of rotatable bonds is 6. The van der Waals surface area contributed by atoms with Crippen LogP contribution < -0.4 is 10.1 Å². The fourth-order valence-electron chi connectivity index (χ4n) is 3.20. The van der Waals surface area contributed by atoms with Crippen molar-refractivity contribution in [2.75, 3.05) is 6.61 Å². The molecule has 0 radical (unpaired) electrons. The highest BCUT2D eigenvalue weighted by atomic mass is 19.1. The van der Waals surface area contributed by atoms with Gasteiger partial charge in [0.15, 0.2) is 0 Å². The summed E-state index contributed by atoms with van der Waals surface area (Å²) in [6.45, 7) is 4.70. The molecule has 1 saturated carbocycles. The van der Waals surface area contributed by atoms with E-state index in [-0.39, 0.29) is 5.82 Å². The Balaban J connectivity index is 1.89. The third-order valence-corrected chi connectivity index (χ3v) is 4.12. The minimum atomic E-state index is -0.416. The Morgan fingerprint density at radius 3 is 2.76 bits per heavy atom. The third-order valence-electron chi connectivity index (χ3n) is 4.12. The Labute approximate surface area is 126 Å². The van der Waals surface area contributed by atoms with Crippen LogP contribution in [0.15, 0.2) is 24.3 Å². The molecule has 0 heterocycles. The van der Waals surface area contributed by atoms with E-state index in [1.54, 1.807) is 12.1 Å². The quantitative estimate of drug-likeness (QED) is 0.869. The van der Waals surface area contributed by atoms with Crippen LogP contribution in [0, 0.1) is 23.1 Å². The van der Waals surface area contributed by atoms with Gasteiger partial charge < -0.3 is 4.74 Å². The molecule has 0 bridgehead atoms. The van der Waals surface area contributed by atoms with Crippen LogP contribution in [0.25, 0.3) is 0 Å². The molecule has 1 fully saturated rings. The molecule has 2 atom stereocenters. The summed E-state index contributed by atoms with van der Waals surface area (Å²) >= 11 is 0. The Kier molecular flexibility index (Phi) is 5.19. The Hall–Kier alpha value is -1.60. The molecule has 0 aliphatic heterocycles. The number of benzene rings is 1. The van der Waals surface area contributed by atoms with Gasteiger partial charge in [-0.25, -0.2) is 4.39 Å². The number of nitrogens with zero attached hydrogens (tertiary/aromatic N) is 1. The summed E-state index contributed by atoms with van der Waals surface area (Å²) in [5.74, 6) is 0.724. The Morgan fingerprint density at radius 2 is 2.14 bits per heavy atom. The number of nitriles is 1. The molecule has 1 N–H and O–H groups in total. The number of ether oxygens (including phenoxy) is 1. The molecule has 1 aromatic rings. The largest absolute Gasteiger partial charge is 0.494 e. The summed E-state index contributed by atoms with van der Waals surface area (Å²) in [5.41, 5.74) is -0.416. The second-order valence-electron chi connectivity index (χ2n) is 6.06. The normalized spacial score (nSPS) is 25.0. The number of hydrogen-bond donors (Lipinski definition) is 1. The van der Waals surface area contributed by atoms with Crippen molar-refractivity contribution < 1.29 is 9.13 Å². The average molecular weight is 290 g/mol. The average Bonchev–Trinajstić information content (AvgIpc) is 2.84. The molecule has 1 aromatic carbocycles. The number of halogens is 1. The van der Waals surface area contributed by atoms with Crippen LogP contribution in [0.1, 0.15) is 39.5 Å². The van der Waals surface area contributed by atoms with E-state index in [2.05, 4.69) is 25.2 Å². The van der Waals surface area contributed by atoms with E-state index in [0.717, 1.165) is 25.7 Å². The zero-order valence-electron chi connectivity index (χ0n) is 12.7. The van der Waals surface area contributed by atoms with Crippen LogP contribution in [-0.2, 0) is 0 Å². The lowest BCUT2D eigenvalue weighted by molar-refractivity contribution is 0.225. The number of hydrogen-bond acceptors (Lipinski definition) is 3. The van der Waals surface area contributed by atoms with Gasteiger partial charge in [0.25, 0.3) is 0 Å². The molecule has 21 heavy (non-hydrogen) atoms. The van der Waals surface area contributed by atoms with Gasteiger partial charge in [-0.3, -0.25) is 5.32 Å². The third kappa shape index (κ3) is 3.95. The molecule has 2 unspecified atom stereocenters. The van der Waals surface area contributed by atoms with Crippen LogP contribution in [-0.4, -0.2) is 18.2 Å². The lowest BCUT2D eigenvalue weighted by Crippen LogP contribution is -2.50. The first-order chi connectivity index (χ1) is 10.1. The topological polar surface area (TPSA) is 45.0 Å². The van der Waals surface area contributed by atoms with Gasteiger partial charge in [-0.1, -0.05) is 6.42 Å². The van der Waals surface area contributed by atoms with Crippen LogP contribution in [0.5, 0.6) is 5.75 Å². The van der Waals surface area contributed by atoms with Gasteiger partial charge in [-0.15, -0.1) is 0 Å². The molecule has 0 amide bonds. The summed E-state index contributed by atoms with van der Waals surface area (Å²) < 4.78 is 18.5. The molecule has 0 saturated heterocycles. The molecule has 114 valence electrons. The van der Waals surface area contributed by atoms with E-state index in [0.29, 0.717) is 24.3 Å². The first-order valence-electron chi connectivity index (χ1n) is 7.63. The van der Waals surface area contributed by atoms with E-state index in [9.17, 15) is 9.65 Å². The lowest BCUT2D eigenvalue weighted by Gasteiger charge is -2.32. The van der Waals surface area contributed by atoms with Crippen LogP contribution >= 0.6 is 0 Å². The highest BCUT2D eigenvalue weighted by molar-refractivity contribution is 5.22. The van der Waals surface area contributed by atoms with Crippen molar-refractivity contribution in [2.24, 2.45) is 5.92 Å². The molecular weight excluding hydrogens is 267 g/mol. The van der Waals surface area contributed by atoms with Crippen molar-refractivity contribution in [2.45, 2.75) is 51.1 Å². The second kappa shape index (κ2) is 6.91. The first kappa shape index (κ1) is 15.8. The highest BCUT2D eigenvalue weighted by Gasteiger charge is 2.43. The molecule has 2 rings (SSSR count). The fourth-order valence-corrected chi connectivity index (χ4v) is 3.20. The molecule has 1 aliphatic rings. The van der Waals surface area contributed by atoms with Gasteiger partial charge in [0.2, 0.25) is 0 Å². The monoisotopic (exact) mass is 290 g/mol. The van der Waals surface area contributed by atoms with Gasteiger partial charge in [0, 0.05) is 6.04 Å². The predicted octanol–water partition coefficient (Wildman–Crippen LogP) is 3.66. The molecule has 0 aromatic heterocycles. The second-order valence-corrected chi connectivity index (χ2v) is 6.06. The zero-order chi connectivity index (χ0) is 15.3. The van der Waals surface area contributed by atoms with Crippen molar-refractivity contribution in [3.63, 3.8) is 0 Å². The standard InChI is InChI=1S/C17H23FN2O/c1-13(2)20-17(12-19)10-3-4-14(17)9-11-21-16-7-5-15(18)6-8-16/h5-8,13-14,20H,3-4,9-11H2,1-2H3. The molecular formula is C17H23FN2O. The fraction of sp³-hybridized carbons (Fsp3) is 0.588. The van der Waals surface area contributed by atoms with Crippen molar-refractivity contribution >= 4 is 0 Å². The SMILES string of the molecule is CC(C)NC1(C#N)CCCC1CCOc1ccc(F)cc1. The zero-order valence-corrected chi connectivity index (χ0v) is 12.7. The Morgan fingerprint density at radius 1 is 1.43 bits per heavy atom. The molecule has 0 spiro atoms. The molecule has 4 heteroatoms. The van der Waals surface area contributed by atoms with Crippen LogP contribution in [0.4, 0.5) is 4.39 Å². The van der Waals surface area contributed by atoms with E-state index in [1.807, 2.05) is 0 Å². The molecule has 1 aliphatic carbocycles. The van der Waals surface area contributed by atoms with Crippen LogP contribution in [0.2, 0.25) is 0 Å². The smallest absolute Gasteiger partial charge is 0.123 e. The highest BCUT2D eigenvalue weighted by Crippen LogP contribution is 2.38. The van der Waals surface area contributed by atoms with Gasteiger partial charge in [-0.05, 0) is 63.3 Å². The minimum absolute atomic E-state index is 0.261. The Bertz CT molecular complexity index is 495. The van der Waals surface area contributed by atoms with E-state index >= 15 is 0 Å². The van der Waals surface area contributed by atoms with Gasteiger partial charge in [0.05, 0.1) is 12.7 Å². The maximum absolute atomic E-state index is 12.8. The minimum Gasteiger partial charge on any atom is -0.494 e. The lowest BCUT2D eigenvalue weighted by atomic mass is 9.85. The molecule has 3 nitrogen and oxygen atoms in total. The van der Waals surface area contributed by atoms with E-state index in [1.165, 1.54) is 12.1 Å². The van der Waals surface area contributed by atoms with Gasteiger partial charge >= 0.3 is 0 Å². The predicted molar refractivity (Wildman–Crippen MR) is 80.5 cm³/mol. The first-order valence-corrected chi connectivity index (χ1v) is 7.63. The van der Waals surface area contributed by atoms with Gasteiger partial charge in [-0.2, -0.15) is 5.26 Å². The van der Waals surface area contributed by atoms with Crippen molar-refractivity contribution in [1.29, 1.82) is 5.26 Å². The van der Waals surface area contributed by atoms with Crippen molar-refractivity contribution in [1.82, 2.24) is 5.32 Å². The summed E-state index contributed by atoms with van der Waals surface area (Å²) in [4.78, 5) is 0. The van der Waals surface area contributed by atoms with E-state index in [4.69, 9.17) is 4.74 Å². The van der Waals surface area contributed by atoms with Gasteiger partial charge in [0.1, 0.15) is 17.1 Å². The van der Waals surface area contributed by atoms with Crippen LogP contribution in [0.3, 0.4) is 0 Å². The van der Waals surface area contributed by atoms with Crippen molar-refractivity contribution in [3.05, 3.63) is 30.1 Å². The van der Waals surface area contributed by atoms with Crippen molar-refractivity contribution in [3.8, 4) is 11.8 Å². The summed E-state index contributed by atoms with van der Waals surface area (Å²) in [6.07, 6.45) is 3.88.